The molecule has 12 heteroatoms. The van der Waals surface area contributed by atoms with Crippen LogP contribution in [0.2, 0.25) is 0 Å². The zero-order valence-electron chi connectivity index (χ0n) is 16.0. The molecule has 0 spiro atoms. The summed E-state index contributed by atoms with van der Waals surface area (Å²) in [4.78, 5) is 38.4. The predicted octanol–water partition coefficient (Wildman–Crippen LogP) is 2.92. The summed E-state index contributed by atoms with van der Waals surface area (Å²) in [7, 11) is 0. The van der Waals surface area contributed by atoms with E-state index in [1.165, 1.54) is 18.4 Å². The third-order valence-corrected chi connectivity index (χ3v) is 4.69. The van der Waals surface area contributed by atoms with Crippen LogP contribution in [0.5, 0.6) is 0 Å². The second-order valence-corrected chi connectivity index (χ2v) is 7.01. The molecule has 3 rings (SSSR count). The molecule has 0 radical (unpaired) electrons. The van der Waals surface area contributed by atoms with E-state index in [9.17, 15) is 36.3 Å². The second-order valence-electron chi connectivity index (χ2n) is 7.01. The fraction of sp³-hybridized carbons (Fsp3) is 0.316. The number of imide groups is 1. The molecule has 1 aliphatic heterocycles. The number of carbonyl (C=O) groups is 3. The zero-order chi connectivity index (χ0) is 23.0. The fourth-order valence-corrected chi connectivity index (χ4v) is 3.19. The van der Waals surface area contributed by atoms with Crippen molar-refractivity contribution >= 4 is 17.8 Å². The van der Waals surface area contributed by atoms with Gasteiger partial charge in [-0.05, 0) is 25.1 Å². The van der Waals surface area contributed by atoms with Gasteiger partial charge in [-0.1, -0.05) is 6.07 Å². The molecule has 1 unspecified atom stereocenters. The number of carbonyl (C=O) groups excluding carboxylic acids is 3. The maximum atomic E-state index is 14.2. The molecule has 2 aromatic rings. The van der Waals surface area contributed by atoms with Crippen molar-refractivity contribution in [2.24, 2.45) is 0 Å². The molecule has 166 valence electrons. The first-order valence-electron chi connectivity index (χ1n) is 8.87. The summed E-state index contributed by atoms with van der Waals surface area (Å²) in [6.45, 7) is -2.05. The Morgan fingerprint density at radius 3 is 2.52 bits per heavy atom. The number of benzene rings is 1. The quantitative estimate of drug-likeness (QED) is 0.548. The van der Waals surface area contributed by atoms with Crippen molar-refractivity contribution in [2.75, 3.05) is 13.1 Å². The number of halogens is 5. The van der Waals surface area contributed by atoms with E-state index in [2.05, 4.69) is 5.32 Å². The summed E-state index contributed by atoms with van der Waals surface area (Å²) in [5.41, 5.74) is -2.32. The van der Waals surface area contributed by atoms with E-state index in [4.69, 9.17) is 4.42 Å². The Bertz CT molecular complexity index is 1010. The molecule has 1 atom stereocenters. The lowest BCUT2D eigenvalue weighted by Crippen LogP contribution is -2.46. The molecule has 7 nitrogen and oxygen atoms in total. The molecule has 0 bridgehead atoms. The normalized spacial score (nSPS) is 19.0. The topological polar surface area (TPSA) is 82.9 Å². The minimum Gasteiger partial charge on any atom is -0.467 e. The molecule has 1 saturated heterocycles. The highest BCUT2D eigenvalue weighted by atomic mass is 19.4. The van der Waals surface area contributed by atoms with Crippen molar-refractivity contribution in [2.45, 2.75) is 25.2 Å². The highest BCUT2D eigenvalue weighted by molar-refractivity contribution is 6.09. The van der Waals surface area contributed by atoms with Gasteiger partial charge < -0.3 is 14.6 Å². The van der Waals surface area contributed by atoms with Gasteiger partial charge in [-0.3, -0.25) is 14.5 Å². The number of alkyl halides is 3. The minimum atomic E-state index is -4.74. The number of amides is 4. The zero-order valence-corrected chi connectivity index (χ0v) is 16.0. The number of urea groups is 1. The molecule has 2 heterocycles. The molecule has 31 heavy (non-hydrogen) atoms. The van der Waals surface area contributed by atoms with Crippen LogP contribution in [0, 0.1) is 11.6 Å². The van der Waals surface area contributed by atoms with Crippen LogP contribution in [0.3, 0.4) is 0 Å². The first-order chi connectivity index (χ1) is 14.4. The summed E-state index contributed by atoms with van der Waals surface area (Å²) < 4.78 is 71.1. The maximum absolute atomic E-state index is 14.2. The first kappa shape index (κ1) is 22.2. The molecule has 1 aromatic carbocycles. The van der Waals surface area contributed by atoms with Crippen molar-refractivity contribution in [1.29, 1.82) is 0 Å². The van der Waals surface area contributed by atoms with E-state index in [1.54, 1.807) is 0 Å². The van der Waals surface area contributed by atoms with Crippen molar-refractivity contribution in [1.82, 2.24) is 15.1 Å². The molecule has 1 N–H and O–H groups in total. The molecule has 1 aromatic heterocycles. The van der Waals surface area contributed by atoms with E-state index in [1.807, 2.05) is 0 Å². The monoisotopic (exact) mass is 445 g/mol. The molecule has 4 amide bonds. The van der Waals surface area contributed by atoms with Crippen LogP contribution in [-0.2, 0) is 21.7 Å². The standard InChI is InChI=1S/C19H16F5N3O4/c1-18(13-5-4-11(20)7-14(13)21)16(29)27(17(30)25-18)9-15(28)26(10-19(22,23)24)8-12-3-2-6-31-12/h2-7H,8-10H2,1H3,(H,25,30). The number of nitrogens with one attached hydrogen (secondary N) is 1. The van der Waals surface area contributed by atoms with Gasteiger partial charge in [-0.15, -0.1) is 0 Å². The van der Waals surface area contributed by atoms with Crippen LogP contribution in [0.4, 0.5) is 26.7 Å². The predicted molar refractivity (Wildman–Crippen MR) is 94.1 cm³/mol. The Labute approximate surface area is 172 Å². The Balaban J connectivity index is 1.82. The number of nitrogens with zero attached hydrogens (tertiary/aromatic N) is 2. The first-order valence-corrected chi connectivity index (χ1v) is 8.87. The number of furan rings is 1. The van der Waals surface area contributed by atoms with Crippen LogP contribution in [0.1, 0.15) is 18.2 Å². The fourth-order valence-electron chi connectivity index (χ4n) is 3.19. The van der Waals surface area contributed by atoms with Gasteiger partial charge in [0.2, 0.25) is 5.91 Å². The Hall–Kier alpha value is -3.44. The minimum absolute atomic E-state index is 0.0630. The highest BCUT2D eigenvalue weighted by Crippen LogP contribution is 2.31. The Kier molecular flexibility index (Phi) is 5.74. The van der Waals surface area contributed by atoms with Gasteiger partial charge in [-0.25, -0.2) is 13.6 Å². The average Bonchev–Trinajstić information content (AvgIpc) is 3.23. The van der Waals surface area contributed by atoms with Crippen LogP contribution >= 0.6 is 0 Å². The van der Waals surface area contributed by atoms with Gasteiger partial charge in [-0.2, -0.15) is 13.2 Å². The van der Waals surface area contributed by atoms with E-state index in [-0.39, 0.29) is 11.3 Å². The van der Waals surface area contributed by atoms with Gasteiger partial charge in [0.1, 0.15) is 36.0 Å². The summed E-state index contributed by atoms with van der Waals surface area (Å²) in [6, 6.07) is 4.04. The van der Waals surface area contributed by atoms with E-state index >= 15 is 0 Å². The third-order valence-electron chi connectivity index (χ3n) is 4.69. The van der Waals surface area contributed by atoms with Gasteiger partial charge in [0.15, 0.2) is 0 Å². The average molecular weight is 445 g/mol. The van der Waals surface area contributed by atoms with Crippen LogP contribution in [0.25, 0.3) is 0 Å². The lowest BCUT2D eigenvalue weighted by Gasteiger charge is -2.25. The Morgan fingerprint density at radius 2 is 1.94 bits per heavy atom. The van der Waals surface area contributed by atoms with Gasteiger partial charge in [0.25, 0.3) is 5.91 Å². The van der Waals surface area contributed by atoms with Crippen LogP contribution < -0.4 is 5.32 Å². The smallest absolute Gasteiger partial charge is 0.406 e. The second kappa shape index (κ2) is 8.00. The molecular formula is C19H16F5N3O4. The van der Waals surface area contributed by atoms with E-state index < -0.39 is 60.8 Å². The van der Waals surface area contributed by atoms with Gasteiger partial charge >= 0.3 is 12.2 Å². The van der Waals surface area contributed by atoms with Crippen molar-refractivity contribution < 1.29 is 40.8 Å². The summed E-state index contributed by atoms with van der Waals surface area (Å²) in [5.74, 6) is -4.20. The maximum Gasteiger partial charge on any atom is 0.406 e. The Morgan fingerprint density at radius 1 is 1.23 bits per heavy atom. The molecule has 1 fully saturated rings. The molecule has 0 aliphatic carbocycles. The van der Waals surface area contributed by atoms with Crippen molar-refractivity contribution in [3.8, 4) is 0 Å². The van der Waals surface area contributed by atoms with Crippen molar-refractivity contribution in [3.63, 3.8) is 0 Å². The van der Waals surface area contributed by atoms with Crippen LogP contribution in [0.15, 0.2) is 41.0 Å². The number of hydrogen-bond donors (Lipinski definition) is 1. The molecular weight excluding hydrogens is 429 g/mol. The van der Waals surface area contributed by atoms with Crippen LogP contribution in [-0.4, -0.2) is 46.9 Å². The van der Waals surface area contributed by atoms with Crippen molar-refractivity contribution in [3.05, 3.63) is 59.6 Å². The lowest BCUT2D eigenvalue weighted by atomic mass is 9.91. The number of hydrogen-bond acceptors (Lipinski definition) is 4. The molecule has 1 aliphatic rings. The largest absolute Gasteiger partial charge is 0.467 e. The van der Waals surface area contributed by atoms with E-state index in [0.717, 1.165) is 19.1 Å². The highest BCUT2D eigenvalue weighted by Gasteiger charge is 2.51. The van der Waals surface area contributed by atoms with Gasteiger partial charge in [0.05, 0.1) is 12.8 Å². The molecule has 0 saturated carbocycles. The summed E-state index contributed by atoms with van der Waals surface area (Å²) in [5, 5.41) is 2.21. The number of rotatable bonds is 6. The summed E-state index contributed by atoms with van der Waals surface area (Å²) in [6.07, 6.45) is -3.53. The van der Waals surface area contributed by atoms with E-state index in [0.29, 0.717) is 15.9 Å². The van der Waals surface area contributed by atoms with Gasteiger partial charge in [0, 0.05) is 11.6 Å². The third kappa shape index (κ3) is 4.67. The summed E-state index contributed by atoms with van der Waals surface area (Å²) >= 11 is 0. The lowest BCUT2D eigenvalue weighted by molar-refractivity contribution is -0.163. The SMILES string of the molecule is CC1(c2ccc(F)cc2F)NC(=O)N(CC(=O)N(Cc2ccco2)CC(F)(F)F)C1=O.